The third kappa shape index (κ3) is 3.46. The number of rotatable bonds is 3. The molecule has 1 aliphatic heterocycles. The lowest BCUT2D eigenvalue weighted by atomic mass is 10.1. The van der Waals surface area contributed by atoms with Crippen LogP contribution in [0, 0.1) is 11.3 Å². The second-order valence-corrected chi connectivity index (χ2v) is 6.39. The lowest BCUT2D eigenvalue weighted by molar-refractivity contribution is 0.0160. The van der Waals surface area contributed by atoms with Crippen LogP contribution in [0.4, 0.5) is 0 Å². The van der Waals surface area contributed by atoms with E-state index in [0.717, 1.165) is 4.47 Å². The highest BCUT2D eigenvalue weighted by Crippen LogP contribution is 2.25. The van der Waals surface area contributed by atoms with Gasteiger partial charge in [-0.25, -0.2) is 4.98 Å². The number of nitrogens with zero attached hydrogens (tertiary/aromatic N) is 3. The van der Waals surface area contributed by atoms with Gasteiger partial charge in [0.15, 0.2) is 0 Å². The largest absolute Gasteiger partial charge is 0.471 e. The molecule has 1 amide bonds. The summed E-state index contributed by atoms with van der Waals surface area (Å²) in [4.78, 5) is 18.1. The summed E-state index contributed by atoms with van der Waals surface area (Å²) in [5.41, 5.74) is 0.947. The van der Waals surface area contributed by atoms with Crippen LogP contribution in [0.1, 0.15) is 15.9 Å². The van der Waals surface area contributed by atoms with E-state index in [0.29, 0.717) is 35.1 Å². The van der Waals surface area contributed by atoms with E-state index in [1.807, 2.05) is 6.07 Å². The van der Waals surface area contributed by atoms with E-state index >= 15 is 0 Å². The van der Waals surface area contributed by atoms with Crippen molar-refractivity contribution in [2.45, 2.75) is 6.10 Å². The Morgan fingerprint density at radius 1 is 1.39 bits per heavy atom. The zero-order chi connectivity index (χ0) is 16.4. The van der Waals surface area contributed by atoms with E-state index in [9.17, 15) is 4.79 Å². The number of hydrogen-bond acceptors (Lipinski definition) is 4. The van der Waals surface area contributed by atoms with E-state index in [1.54, 1.807) is 35.2 Å². The molecule has 1 saturated heterocycles. The molecular weight excluding hydrogens is 382 g/mol. The smallest absolute Gasteiger partial charge is 0.255 e. The molecule has 1 aliphatic rings. The fraction of sp³-hybridized carbons (Fsp3) is 0.188. The van der Waals surface area contributed by atoms with Gasteiger partial charge in [-0.05, 0) is 24.3 Å². The molecule has 23 heavy (non-hydrogen) atoms. The second kappa shape index (κ2) is 6.57. The van der Waals surface area contributed by atoms with Gasteiger partial charge in [-0.2, -0.15) is 5.26 Å². The number of hydrogen-bond donors (Lipinski definition) is 0. The zero-order valence-corrected chi connectivity index (χ0v) is 14.2. The Labute approximate surface area is 146 Å². The molecule has 0 atom stereocenters. The van der Waals surface area contributed by atoms with Gasteiger partial charge in [0, 0.05) is 16.7 Å². The van der Waals surface area contributed by atoms with Crippen LogP contribution in [0.25, 0.3) is 0 Å². The summed E-state index contributed by atoms with van der Waals surface area (Å²) < 4.78 is 6.47. The van der Waals surface area contributed by atoms with Crippen molar-refractivity contribution in [2.24, 2.45) is 0 Å². The number of carbonyl (C=O) groups excluding carboxylic acids is 1. The topological polar surface area (TPSA) is 66.2 Å². The standard InChI is InChI=1S/C16H11BrClN3O2/c17-11-2-3-14(18)13(5-11)16(22)21-8-12(9-21)23-15-4-1-10(6-19)7-20-15/h1-5,7,12H,8-9H2. The van der Waals surface area contributed by atoms with Crippen molar-refractivity contribution in [3.63, 3.8) is 0 Å². The van der Waals surface area contributed by atoms with Crippen molar-refractivity contribution in [1.29, 1.82) is 5.26 Å². The molecule has 7 heteroatoms. The normalized spacial score (nSPS) is 14.0. The van der Waals surface area contributed by atoms with Crippen LogP contribution in [0.5, 0.6) is 5.88 Å². The van der Waals surface area contributed by atoms with Gasteiger partial charge in [0.25, 0.3) is 5.91 Å². The zero-order valence-electron chi connectivity index (χ0n) is 11.9. The lowest BCUT2D eigenvalue weighted by Gasteiger charge is -2.38. The second-order valence-electron chi connectivity index (χ2n) is 5.07. The van der Waals surface area contributed by atoms with Crippen LogP contribution < -0.4 is 4.74 Å². The number of aromatic nitrogens is 1. The summed E-state index contributed by atoms with van der Waals surface area (Å²) >= 11 is 9.41. The average molecular weight is 393 g/mol. The molecule has 0 unspecified atom stereocenters. The SMILES string of the molecule is N#Cc1ccc(OC2CN(C(=O)c3cc(Br)ccc3Cl)C2)nc1. The van der Waals surface area contributed by atoms with Crippen LogP contribution in [-0.4, -0.2) is 35.0 Å². The summed E-state index contributed by atoms with van der Waals surface area (Å²) in [7, 11) is 0. The highest BCUT2D eigenvalue weighted by molar-refractivity contribution is 9.10. The lowest BCUT2D eigenvalue weighted by Crippen LogP contribution is -2.56. The molecule has 5 nitrogen and oxygen atoms in total. The molecule has 3 rings (SSSR count). The van der Waals surface area contributed by atoms with E-state index < -0.39 is 0 Å². The summed E-state index contributed by atoms with van der Waals surface area (Å²) in [5, 5.41) is 9.15. The number of benzene rings is 1. The Kier molecular flexibility index (Phi) is 4.51. The number of carbonyl (C=O) groups is 1. The molecule has 0 radical (unpaired) electrons. The van der Waals surface area contributed by atoms with Crippen LogP contribution in [0.3, 0.4) is 0 Å². The molecular formula is C16H11BrClN3O2. The van der Waals surface area contributed by atoms with Gasteiger partial charge in [0.05, 0.1) is 29.2 Å². The van der Waals surface area contributed by atoms with E-state index in [2.05, 4.69) is 20.9 Å². The fourth-order valence-corrected chi connectivity index (χ4v) is 2.76. The first-order valence-corrected chi connectivity index (χ1v) is 8.01. The number of ether oxygens (including phenoxy) is 1. The van der Waals surface area contributed by atoms with Gasteiger partial charge in [-0.15, -0.1) is 0 Å². The minimum absolute atomic E-state index is 0.106. The predicted octanol–water partition coefficient (Wildman–Crippen LogP) is 3.27. The Morgan fingerprint density at radius 3 is 2.83 bits per heavy atom. The Bertz CT molecular complexity index is 783. The van der Waals surface area contributed by atoms with Gasteiger partial charge in [0.2, 0.25) is 5.88 Å². The Morgan fingerprint density at radius 2 is 2.17 bits per heavy atom. The van der Waals surface area contributed by atoms with Crippen molar-refractivity contribution < 1.29 is 9.53 Å². The first-order chi connectivity index (χ1) is 11.1. The van der Waals surface area contributed by atoms with Crippen molar-refractivity contribution in [3.8, 4) is 11.9 Å². The molecule has 2 heterocycles. The molecule has 0 bridgehead atoms. The van der Waals surface area contributed by atoms with Crippen molar-refractivity contribution >= 4 is 33.4 Å². The molecule has 0 aliphatic carbocycles. The summed E-state index contributed by atoms with van der Waals surface area (Å²) in [6.45, 7) is 0.951. The minimum Gasteiger partial charge on any atom is -0.471 e. The van der Waals surface area contributed by atoms with Crippen molar-refractivity contribution in [3.05, 3.63) is 57.2 Å². The Hall–Kier alpha value is -2.10. The molecule has 1 aromatic carbocycles. The van der Waals surface area contributed by atoms with E-state index in [4.69, 9.17) is 21.6 Å². The molecule has 0 N–H and O–H groups in total. The number of halogens is 2. The van der Waals surface area contributed by atoms with Crippen molar-refractivity contribution in [1.82, 2.24) is 9.88 Å². The number of amides is 1. The first-order valence-electron chi connectivity index (χ1n) is 6.84. The van der Waals surface area contributed by atoms with Gasteiger partial charge >= 0.3 is 0 Å². The van der Waals surface area contributed by atoms with Crippen LogP contribution in [0.2, 0.25) is 5.02 Å². The quantitative estimate of drug-likeness (QED) is 0.804. The first kappa shape index (κ1) is 15.8. The summed E-state index contributed by atoms with van der Waals surface area (Å²) in [6.07, 6.45) is 1.35. The molecule has 1 fully saturated rings. The maximum Gasteiger partial charge on any atom is 0.255 e. The molecule has 0 saturated carbocycles. The average Bonchev–Trinajstić information content (AvgIpc) is 2.53. The van der Waals surface area contributed by atoms with E-state index in [1.165, 1.54) is 6.20 Å². The number of nitriles is 1. The van der Waals surface area contributed by atoms with Gasteiger partial charge in [0.1, 0.15) is 12.2 Å². The van der Waals surface area contributed by atoms with Gasteiger partial charge in [-0.1, -0.05) is 27.5 Å². The van der Waals surface area contributed by atoms with Gasteiger partial charge < -0.3 is 9.64 Å². The fourth-order valence-electron chi connectivity index (χ4n) is 2.20. The maximum atomic E-state index is 12.4. The molecule has 1 aromatic heterocycles. The van der Waals surface area contributed by atoms with Crippen molar-refractivity contribution in [2.75, 3.05) is 13.1 Å². The van der Waals surface area contributed by atoms with Crippen LogP contribution in [-0.2, 0) is 0 Å². The Balaban J connectivity index is 1.59. The summed E-state index contributed by atoms with van der Waals surface area (Å²) in [6, 6.07) is 10.5. The monoisotopic (exact) mass is 391 g/mol. The molecule has 116 valence electrons. The highest BCUT2D eigenvalue weighted by Gasteiger charge is 2.33. The predicted molar refractivity (Wildman–Crippen MR) is 88.4 cm³/mol. The maximum absolute atomic E-state index is 12.4. The van der Waals surface area contributed by atoms with Gasteiger partial charge in [-0.3, -0.25) is 4.79 Å². The third-order valence-corrected chi connectivity index (χ3v) is 4.27. The highest BCUT2D eigenvalue weighted by atomic mass is 79.9. The number of pyridine rings is 1. The van der Waals surface area contributed by atoms with E-state index in [-0.39, 0.29) is 12.0 Å². The molecule has 2 aromatic rings. The van der Waals surface area contributed by atoms with Crippen LogP contribution in [0.15, 0.2) is 41.0 Å². The third-order valence-electron chi connectivity index (χ3n) is 3.45. The summed E-state index contributed by atoms with van der Waals surface area (Å²) in [5.74, 6) is 0.325. The molecule has 0 spiro atoms. The van der Waals surface area contributed by atoms with Crippen LogP contribution >= 0.6 is 27.5 Å². The minimum atomic E-state index is -0.121. The number of likely N-dealkylation sites (tertiary alicyclic amines) is 1.